The molecule has 102 valence electrons. The van der Waals surface area contributed by atoms with Gasteiger partial charge >= 0.3 is 0 Å². The molecule has 6 heteroatoms. The number of pyridine rings is 1. The van der Waals surface area contributed by atoms with Crippen molar-refractivity contribution in [3.05, 3.63) is 30.1 Å². The maximum absolute atomic E-state index is 11.9. The van der Waals surface area contributed by atoms with Crippen molar-refractivity contribution in [3.8, 4) is 0 Å². The van der Waals surface area contributed by atoms with E-state index in [9.17, 15) is 8.42 Å². The van der Waals surface area contributed by atoms with Gasteiger partial charge in [0.05, 0.1) is 5.25 Å². The highest BCUT2D eigenvalue weighted by Crippen LogP contribution is 2.01. The summed E-state index contributed by atoms with van der Waals surface area (Å²) in [5.41, 5.74) is 0.901. The van der Waals surface area contributed by atoms with Crippen LogP contribution in [0.3, 0.4) is 0 Å². The van der Waals surface area contributed by atoms with Crippen LogP contribution in [-0.2, 0) is 16.6 Å². The van der Waals surface area contributed by atoms with Gasteiger partial charge in [0.1, 0.15) is 0 Å². The van der Waals surface area contributed by atoms with Crippen molar-refractivity contribution >= 4 is 10.0 Å². The first-order chi connectivity index (χ1) is 8.42. The molecule has 1 aromatic heterocycles. The smallest absolute Gasteiger partial charge is 0.215 e. The molecular weight excluding hydrogens is 250 g/mol. The maximum atomic E-state index is 11.9. The molecule has 18 heavy (non-hydrogen) atoms. The second-order valence-corrected chi connectivity index (χ2v) is 6.78. The van der Waals surface area contributed by atoms with E-state index in [1.54, 1.807) is 31.5 Å². The van der Waals surface area contributed by atoms with Crippen LogP contribution in [0.25, 0.3) is 0 Å². The van der Waals surface area contributed by atoms with Crippen LogP contribution in [0.5, 0.6) is 0 Å². The minimum Gasteiger partial charge on any atom is -0.313 e. The van der Waals surface area contributed by atoms with Gasteiger partial charge in [-0.25, -0.2) is 13.1 Å². The number of nitrogens with one attached hydrogen (secondary N) is 2. The topological polar surface area (TPSA) is 71.1 Å². The molecule has 0 amide bonds. The first kappa shape index (κ1) is 15.1. The van der Waals surface area contributed by atoms with Gasteiger partial charge in [0.15, 0.2) is 0 Å². The summed E-state index contributed by atoms with van der Waals surface area (Å²) in [5, 5.41) is 2.66. The van der Waals surface area contributed by atoms with Gasteiger partial charge in [-0.05, 0) is 24.6 Å². The van der Waals surface area contributed by atoms with Gasteiger partial charge in [-0.2, -0.15) is 0 Å². The highest BCUT2D eigenvalue weighted by molar-refractivity contribution is 7.90. The lowest BCUT2D eigenvalue weighted by molar-refractivity contribution is 0.540. The Labute approximate surface area is 109 Å². The molecule has 1 rings (SSSR count). The summed E-state index contributed by atoms with van der Waals surface area (Å²) in [5.74, 6) is 0. The highest BCUT2D eigenvalue weighted by Gasteiger charge is 2.19. The van der Waals surface area contributed by atoms with Crippen LogP contribution >= 0.6 is 0 Å². The van der Waals surface area contributed by atoms with E-state index < -0.39 is 15.3 Å². The Bertz CT molecular complexity index is 446. The molecule has 1 heterocycles. The van der Waals surface area contributed by atoms with E-state index >= 15 is 0 Å². The van der Waals surface area contributed by atoms with Crippen LogP contribution in [0.1, 0.15) is 26.3 Å². The van der Waals surface area contributed by atoms with Crippen molar-refractivity contribution in [2.75, 3.05) is 6.54 Å². The van der Waals surface area contributed by atoms with Gasteiger partial charge < -0.3 is 5.32 Å². The summed E-state index contributed by atoms with van der Waals surface area (Å²) < 4.78 is 26.5. The molecule has 0 aliphatic heterocycles. The largest absolute Gasteiger partial charge is 0.313 e. The Balaban J connectivity index is 2.49. The Kier molecular flexibility index (Phi) is 5.71. The highest BCUT2D eigenvalue weighted by atomic mass is 32.2. The minimum absolute atomic E-state index is 0.280. The number of hydrogen-bond donors (Lipinski definition) is 2. The summed E-state index contributed by atoms with van der Waals surface area (Å²) >= 11 is 0. The summed E-state index contributed by atoms with van der Waals surface area (Å²) in [6.07, 6.45) is 3.29. The lowest BCUT2D eigenvalue weighted by Crippen LogP contribution is -2.40. The van der Waals surface area contributed by atoms with Crippen LogP contribution < -0.4 is 10.0 Å². The number of hydrogen-bond acceptors (Lipinski definition) is 4. The van der Waals surface area contributed by atoms with Crippen LogP contribution in [0.2, 0.25) is 0 Å². The Hall–Kier alpha value is -0.980. The molecule has 0 saturated carbocycles. The van der Waals surface area contributed by atoms with E-state index in [4.69, 9.17) is 0 Å². The molecule has 0 radical (unpaired) electrons. The molecule has 1 atom stereocenters. The molecule has 0 aliphatic carbocycles. The van der Waals surface area contributed by atoms with Gasteiger partial charge in [-0.15, -0.1) is 0 Å². The number of aromatic nitrogens is 1. The summed E-state index contributed by atoms with van der Waals surface area (Å²) in [7, 11) is -3.29. The molecule has 0 bridgehead atoms. The SMILES string of the molecule is CC(C)NCC(C)S(=O)(=O)NCc1ccncc1. The van der Waals surface area contributed by atoms with Gasteiger partial charge in [-0.1, -0.05) is 13.8 Å². The van der Waals surface area contributed by atoms with Crippen LogP contribution in [-0.4, -0.2) is 31.2 Å². The molecule has 0 fully saturated rings. The normalized spacial score (nSPS) is 13.8. The van der Waals surface area contributed by atoms with E-state index in [-0.39, 0.29) is 6.04 Å². The van der Waals surface area contributed by atoms with Crippen LogP contribution in [0, 0.1) is 0 Å². The Morgan fingerprint density at radius 2 is 1.83 bits per heavy atom. The summed E-state index contributed by atoms with van der Waals surface area (Å²) in [4.78, 5) is 3.89. The van der Waals surface area contributed by atoms with E-state index in [1.165, 1.54) is 0 Å². The minimum atomic E-state index is -3.29. The lowest BCUT2D eigenvalue weighted by Gasteiger charge is -2.16. The van der Waals surface area contributed by atoms with Crippen molar-refractivity contribution in [2.24, 2.45) is 0 Å². The molecule has 2 N–H and O–H groups in total. The predicted octanol–water partition coefficient (Wildman–Crippen LogP) is 0.888. The third-order valence-corrected chi connectivity index (χ3v) is 4.34. The van der Waals surface area contributed by atoms with Crippen molar-refractivity contribution < 1.29 is 8.42 Å². The molecule has 0 aromatic carbocycles. The van der Waals surface area contributed by atoms with E-state index in [0.717, 1.165) is 5.56 Å². The van der Waals surface area contributed by atoms with Crippen LogP contribution in [0.15, 0.2) is 24.5 Å². The quantitative estimate of drug-likeness (QED) is 0.772. The molecular formula is C12H21N3O2S. The Morgan fingerprint density at radius 1 is 1.22 bits per heavy atom. The molecule has 0 aliphatic rings. The summed E-state index contributed by atoms with van der Waals surface area (Å²) in [6, 6.07) is 3.86. The predicted molar refractivity (Wildman–Crippen MR) is 72.6 cm³/mol. The van der Waals surface area contributed by atoms with Crippen molar-refractivity contribution in [2.45, 2.75) is 38.6 Å². The van der Waals surface area contributed by atoms with E-state index in [1.807, 2.05) is 13.8 Å². The molecule has 0 spiro atoms. The van der Waals surface area contributed by atoms with Crippen molar-refractivity contribution in [3.63, 3.8) is 0 Å². The monoisotopic (exact) mass is 271 g/mol. The van der Waals surface area contributed by atoms with Crippen molar-refractivity contribution in [1.82, 2.24) is 15.0 Å². The van der Waals surface area contributed by atoms with Crippen LogP contribution in [0.4, 0.5) is 0 Å². The average molecular weight is 271 g/mol. The third-order valence-electron chi connectivity index (χ3n) is 2.57. The molecule has 1 unspecified atom stereocenters. The maximum Gasteiger partial charge on any atom is 0.215 e. The summed E-state index contributed by atoms with van der Waals surface area (Å²) in [6.45, 7) is 6.43. The average Bonchev–Trinajstić information content (AvgIpc) is 2.34. The molecule has 1 aromatic rings. The Morgan fingerprint density at radius 3 is 2.39 bits per heavy atom. The fraction of sp³-hybridized carbons (Fsp3) is 0.583. The number of nitrogens with zero attached hydrogens (tertiary/aromatic N) is 1. The second kappa shape index (κ2) is 6.82. The fourth-order valence-electron chi connectivity index (χ4n) is 1.34. The van der Waals surface area contributed by atoms with Gasteiger partial charge in [0.2, 0.25) is 10.0 Å². The number of rotatable bonds is 7. The van der Waals surface area contributed by atoms with Gasteiger partial charge in [-0.3, -0.25) is 4.98 Å². The van der Waals surface area contributed by atoms with E-state index in [0.29, 0.717) is 13.1 Å². The van der Waals surface area contributed by atoms with Gasteiger partial charge in [0.25, 0.3) is 0 Å². The zero-order chi connectivity index (χ0) is 13.6. The third kappa shape index (κ3) is 5.12. The van der Waals surface area contributed by atoms with Gasteiger partial charge in [0, 0.05) is 31.5 Å². The first-order valence-corrected chi connectivity index (χ1v) is 7.57. The fourth-order valence-corrected chi connectivity index (χ4v) is 2.31. The molecule has 5 nitrogen and oxygen atoms in total. The van der Waals surface area contributed by atoms with E-state index in [2.05, 4.69) is 15.0 Å². The standard InChI is InChI=1S/C12H21N3O2S/c1-10(2)14-8-11(3)18(16,17)15-9-12-4-6-13-7-5-12/h4-7,10-11,14-15H,8-9H2,1-3H3. The number of sulfonamides is 1. The second-order valence-electron chi connectivity index (χ2n) is 4.60. The zero-order valence-electron chi connectivity index (χ0n) is 11.1. The van der Waals surface area contributed by atoms with Crippen molar-refractivity contribution in [1.29, 1.82) is 0 Å². The first-order valence-electron chi connectivity index (χ1n) is 6.02. The zero-order valence-corrected chi connectivity index (χ0v) is 11.9. The molecule has 0 saturated heterocycles. The lowest BCUT2D eigenvalue weighted by atomic mass is 10.3.